The normalized spacial score (nSPS) is 11.6. The van der Waals surface area contributed by atoms with Gasteiger partial charge in [-0.15, -0.1) is 0 Å². The first-order valence-electron chi connectivity index (χ1n) is 12.3. The van der Waals surface area contributed by atoms with E-state index in [1.54, 1.807) is 42.6 Å². The van der Waals surface area contributed by atoms with Crippen LogP contribution in [0.3, 0.4) is 0 Å². The predicted molar refractivity (Wildman–Crippen MR) is 153 cm³/mol. The Morgan fingerprint density at radius 1 is 0.895 bits per heavy atom. The number of hydrogen-bond acceptors (Lipinski definition) is 4. The molecule has 0 aliphatic rings. The van der Waals surface area contributed by atoms with Crippen LogP contribution in [0.1, 0.15) is 33.6 Å². The van der Waals surface area contributed by atoms with Crippen molar-refractivity contribution in [1.29, 1.82) is 0 Å². The summed E-state index contributed by atoms with van der Waals surface area (Å²) in [4.78, 5) is 13.0. The molecule has 196 valence electrons. The Labute approximate surface area is 224 Å². The van der Waals surface area contributed by atoms with Crippen LogP contribution in [0.5, 0.6) is 0 Å². The average molecular weight is 529 g/mol. The maximum atomic E-state index is 13.4. The topological polar surface area (TPSA) is 83.8 Å². The van der Waals surface area contributed by atoms with Gasteiger partial charge in [-0.3, -0.25) is 9.10 Å². The van der Waals surface area contributed by atoms with E-state index in [9.17, 15) is 13.2 Å². The molecule has 1 amide bonds. The summed E-state index contributed by atoms with van der Waals surface area (Å²) in [7, 11) is -3.97. The van der Waals surface area contributed by atoms with Crippen LogP contribution in [0.15, 0.2) is 88.9 Å². The Morgan fingerprint density at radius 3 is 2.32 bits per heavy atom. The van der Waals surface area contributed by atoms with Crippen LogP contribution >= 0.6 is 0 Å². The van der Waals surface area contributed by atoms with Crippen molar-refractivity contribution in [1.82, 2.24) is 9.99 Å². The molecule has 0 radical (unpaired) electrons. The summed E-state index contributed by atoms with van der Waals surface area (Å²) in [6.07, 6.45) is 1.58. The Kier molecular flexibility index (Phi) is 7.83. The second kappa shape index (κ2) is 11.1. The third kappa shape index (κ3) is 5.70. The molecule has 0 unspecified atom stereocenters. The van der Waals surface area contributed by atoms with Crippen molar-refractivity contribution in [3.63, 3.8) is 0 Å². The summed E-state index contributed by atoms with van der Waals surface area (Å²) in [6.45, 7) is 9.64. The number of benzene rings is 3. The van der Waals surface area contributed by atoms with Gasteiger partial charge in [0.15, 0.2) is 0 Å². The first-order valence-corrected chi connectivity index (χ1v) is 13.7. The number of hydrogen-bond donors (Lipinski definition) is 1. The van der Waals surface area contributed by atoms with Crippen LogP contribution < -0.4 is 9.73 Å². The van der Waals surface area contributed by atoms with Crippen molar-refractivity contribution in [2.45, 2.75) is 39.5 Å². The highest BCUT2D eigenvalue weighted by Crippen LogP contribution is 2.25. The number of aryl methyl sites for hydroxylation is 4. The van der Waals surface area contributed by atoms with Crippen molar-refractivity contribution in [2.75, 3.05) is 10.8 Å². The zero-order valence-electron chi connectivity index (χ0n) is 22.3. The molecule has 0 aliphatic carbocycles. The Bertz CT molecular complexity index is 1610. The lowest BCUT2D eigenvalue weighted by Crippen LogP contribution is -2.39. The molecule has 0 aliphatic heterocycles. The van der Waals surface area contributed by atoms with Gasteiger partial charge in [0.1, 0.15) is 6.54 Å². The molecule has 0 saturated carbocycles. The molecule has 1 aromatic heterocycles. The highest BCUT2D eigenvalue weighted by atomic mass is 32.2. The molecule has 7 nitrogen and oxygen atoms in total. The molecular weight excluding hydrogens is 496 g/mol. The SMILES string of the molecule is Cc1cccc(N(CC(=O)N/N=C\c2cc(C)n(-c3ccc(C)c(C)c3)c2C)S(=O)(=O)c2ccccc2)c1. The maximum Gasteiger partial charge on any atom is 0.264 e. The van der Waals surface area contributed by atoms with Crippen molar-refractivity contribution in [3.8, 4) is 5.69 Å². The van der Waals surface area contributed by atoms with Crippen LogP contribution in [0.2, 0.25) is 0 Å². The minimum absolute atomic E-state index is 0.108. The molecule has 8 heteroatoms. The van der Waals surface area contributed by atoms with Crippen LogP contribution in [-0.4, -0.2) is 31.7 Å². The molecule has 0 bridgehead atoms. The van der Waals surface area contributed by atoms with Gasteiger partial charge < -0.3 is 4.57 Å². The van der Waals surface area contributed by atoms with Crippen molar-refractivity contribution < 1.29 is 13.2 Å². The molecule has 4 rings (SSSR count). The molecule has 1 N–H and O–H groups in total. The van der Waals surface area contributed by atoms with E-state index in [1.807, 2.05) is 32.9 Å². The molecule has 0 saturated heterocycles. The third-order valence-electron chi connectivity index (χ3n) is 6.52. The first-order chi connectivity index (χ1) is 18.1. The second-order valence-corrected chi connectivity index (χ2v) is 11.2. The number of hydrazone groups is 1. The lowest BCUT2D eigenvalue weighted by molar-refractivity contribution is -0.119. The summed E-state index contributed by atoms with van der Waals surface area (Å²) in [6, 6.07) is 23.4. The largest absolute Gasteiger partial charge is 0.318 e. The standard InChI is InChI=1S/C30H32N4O3S/c1-21-10-9-11-27(16-21)33(38(36,37)29-12-7-6-8-13-29)20-30(35)32-31-19-26-18-24(4)34(25(26)5)28-15-14-22(2)23(3)17-28/h6-19H,20H2,1-5H3,(H,32,35)/b31-19-. The van der Waals surface area contributed by atoms with E-state index < -0.39 is 22.5 Å². The molecule has 0 spiro atoms. The van der Waals surface area contributed by atoms with E-state index in [0.717, 1.165) is 32.5 Å². The number of anilines is 1. The van der Waals surface area contributed by atoms with Crippen molar-refractivity contribution in [2.24, 2.45) is 5.10 Å². The fraction of sp³-hybridized carbons (Fsp3) is 0.200. The number of carbonyl (C=O) groups is 1. The van der Waals surface area contributed by atoms with E-state index >= 15 is 0 Å². The van der Waals surface area contributed by atoms with E-state index in [2.05, 4.69) is 47.1 Å². The summed E-state index contributed by atoms with van der Waals surface area (Å²) in [5.74, 6) is -0.551. The smallest absolute Gasteiger partial charge is 0.264 e. The van der Waals surface area contributed by atoms with E-state index in [4.69, 9.17) is 0 Å². The number of sulfonamides is 1. The van der Waals surface area contributed by atoms with E-state index in [0.29, 0.717) is 5.69 Å². The number of carbonyl (C=O) groups excluding carboxylic acids is 1. The number of nitrogens with zero attached hydrogens (tertiary/aromatic N) is 3. The Balaban J connectivity index is 1.55. The molecule has 3 aromatic carbocycles. The quantitative estimate of drug-likeness (QED) is 0.247. The number of amides is 1. The van der Waals surface area contributed by atoms with E-state index in [1.165, 1.54) is 23.3 Å². The van der Waals surface area contributed by atoms with Gasteiger partial charge in [-0.2, -0.15) is 5.10 Å². The van der Waals surface area contributed by atoms with Crippen molar-refractivity contribution in [3.05, 3.63) is 113 Å². The van der Waals surface area contributed by atoms with Gasteiger partial charge in [-0.25, -0.2) is 13.8 Å². The number of aromatic nitrogens is 1. The number of nitrogens with one attached hydrogen (secondary N) is 1. The summed E-state index contributed by atoms with van der Waals surface area (Å²) < 4.78 is 30.1. The van der Waals surface area contributed by atoms with Gasteiger partial charge in [-0.1, -0.05) is 36.4 Å². The third-order valence-corrected chi connectivity index (χ3v) is 8.31. The minimum Gasteiger partial charge on any atom is -0.318 e. The van der Waals surface area contributed by atoms with Gasteiger partial charge in [-0.05, 0) is 93.8 Å². The second-order valence-electron chi connectivity index (χ2n) is 9.39. The van der Waals surface area contributed by atoms with Gasteiger partial charge in [0.05, 0.1) is 16.8 Å². The molecule has 0 fully saturated rings. The summed E-state index contributed by atoms with van der Waals surface area (Å²) >= 11 is 0. The van der Waals surface area contributed by atoms with Gasteiger partial charge in [0.25, 0.3) is 15.9 Å². The lowest BCUT2D eigenvalue weighted by atomic mass is 10.1. The first kappa shape index (κ1) is 26.9. The minimum atomic E-state index is -3.97. The van der Waals surface area contributed by atoms with Crippen molar-refractivity contribution >= 4 is 27.8 Å². The summed E-state index contributed by atoms with van der Waals surface area (Å²) in [5.41, 5.74) is 10.2. The average Bonchev–Trinajstić information content (AvgIpc) is 3.17. The monoisotopic (exact) mass is 528 g/mol. The molecule has 0 atom stereocenters. The predicted octanol–water partition coefficient (Wildman–Crippen LogP) is 5.37. The molecule has 4 aromatic rings. The fourth-order valence-corrected chi connectivity index (χ4v) is 5.77. The van der Waals surface area contributed by atoms with E-state index in [-0.39, 0.29) is 4.90 Å². The molecule has 38 heavy (non-hydrogen) atoms. The highest BCUT2D eigenvalue weighted by Gasteiger charge is 2.27. The molecule has 1 heterocycles. The Morgan fingerprint density at radius 2 is 1.63 bits per heavy atom. The van der Waals surface area contributed by atoms with Crippen LogP contribution in [0.4, 0.5) is 5.69 Å². The highest BCUT2D eigenvalue weighted by molar-refractivity contribution is 7.92. The molecular formula is C30H32N4O3S. The van der Waals surface area contributed by atoms with Gasteiger partial charge in [0.2, 0.25) is 0 Å². The van der Waals surface area contributed by atoms with Crippen LogP contribution in [-0.2, 0) is 14.8 Å². The van der Waals surface area contributed by atoms with Gasteiger partial charge >= 0.3 is 0 Å². The zero-order valence-corrected chi connectivity index (χ0v) is 23.1. The lowest BCUT2D eigenvalue weighted by Gasteiger charge is -2.24. The fourth-order valence-electron chi connectivity index (χ4n) is 4.34. The Hall–Kier alpha value is -4.17. The van der Waals surface area contributed by atoms with Gasteiger partial charge in [0, 0.05) is 22.6 Å². The zero-order chi connectivity index (χ0) is 27.4. The maximum absolute atomic E-state index is 13.4. The summed E-state index contributed by atoms with van der Waals surface area (Å²) in [5, 5.41) is 4.14. The number of rotatable bonds is 8. The van der Waals surface area contributed by atoms with Crippen LogP contribution in [0, 0.1) is 34.6 Å². The van der Waals surface area contributed by atoms with Crippen LogP contribution in [0.25, 0.3) is 5.69 Å².